The van der Waals surface area contributed by atoms with E-state index in [0.717, 1.165) is 12.1 Å². The zero-order valence-corrected chi connectivity index (χ0v) is 14.1. The van der Waals surface area contributed by atoms with E-state index in [1.54, 1.807) is 16.6 Å². The third-order valence-electron chi connectivity index (χ3n) is 3.46. The summed E-state index contributed by atoms with van der Waals surface area (Å²) in [5.74, 6) is 0.656. The van der Waals surface area contributed by atoms with Gasteiger partial charge in [0.2, 0.25) is 5.82 Å². The molecule has 0 amide bonds. The average Bonchev–Trinajstić information content (AvgIpc) is 3.04. The number of thioether (sulfide) groups is 1. The topological polar surface area (TPSA) is 46.8 Å². The number of hydrogen-bond donors (Lipinski definition) is 0. The first-order valence-electron chi connectivity index (χ1n) is 7.39. The van der Waals surface area contributed by atoms with E-state index in [2.05, 4.69) is 50.8 Å². The predicted octanol–water partition coefficient (Wildman–Crippen LogP) is 3.15. The largest absolute Gasteiger partial charge is 0.282 e. The Morgan fingerprint density at radius 2 is 1.78 bits per heavy atom. The summed E-state index contributed by atoms with van der Waals surface area (Å²) >= 11 is 1.75. The van der Waals surface area contributed by atoms with Crippen molar-refractivity contribution in [1.82, 2.24) is 25.1 Å². The minimum absolute atomic E-state index is 0.601. The quantitative estimate of drug-likeness (QED) is 0.652. The maximum Gasteiger partial charge on any atom is 0.204 e. The van der Waals surface area contributed by atoms with Gasteiger partial charge in [-0.15, -0.1) is 26.8 Å². The van der Waals surface area contributed by atoms with Crippen molar-refractivity contribution in [2.24, 2.45) is 0 Å². The maximum absolute atomic E-state index is 4.44. The molecule has 3 aromatic rings. The molecule has 0 atom stereocenters. The van der Waals surface area contributed by atoms with Crippen molar-refractivity contribution in [2.45, 2.75) is 18.1 Å². The van der Waals surface area contributed by atoms with E-state index in [1.807, 2.05) is 37.4 Å². The lowest BCUT2D eigenvalue weighted by Gasteiger charge is -2.15. The molecule has 118 valence electrons. The van der Waals surface area contributed by atoms with Crippen LogP contribution in [0.1, 0.15) is 5.56 Å². The highest BCUT2D eigenvalue weighted by atomic mass is 32.2. The summed E-state index contributed by atoms with van der Waals surface area (Å²) in [6, 6.07) is 18.5. The van der Waals surface area contributed by atoms with Crippen molar-refractivity contribution in [2.75, 3.05) is 13.3 Å². The number of tetrazole rings is 1. The van der Waals surface area contributed by atoms with Crippen molar-refractivity contribution in [3.63, 3.8) is 0 Å². The third kappa shape index (κ3) is 4.18. The Morgan fingerprint density at radius 3 is 2.48 bits per heavy atom. The minimum Gasteiger partial charge on any atom is -0.282 e. The molecule has 0 bridgehead atoms. The zero-order chi connectivity index (χ0) is 16.1. The fraction of sp³-hybridized carbons (Fsp3) is 0.235. The molecule has 2 aromatic carbocycles. The monoisotopic (exact) mass is 325 g/mol. The second-order valence-corrected chi connectivity index (χ2v) is 6.23. The van der Waals surface area contributed by atoms with Crippen LogP contribution in [-0.4, -0.2) is 38.4 Å². The van der Waals surface area contributed by atoms with Crippen molar-refractivity contribution >= 4 is 11.8 Å². The first-order chi connectivity index (χ1) is 11.2. The zero-order valence-electron chi connectivity index (χ0n) is 13.3. The van der Waals surface area contributed by atoms with Gasteiger partial charge in [0.1, 0.15) is 6.67 Å². The normalized spacial score (nSPS) is 11.1. The molecular weight excluding hydrogens is 306 g/mol. The number of benzene rings is 2. The van der Waals surface area contributed by atoms with Crippen molar-refractivity contribution in [1.29, 1.82) is 0 Å². The van der Waals surface area contributed by atoms with Crippen molar-refractivity contribution < 1.29 is 0 Å². The molecule has 0 saturated heterocycles. The average molecular weight is 325 g/mol. The molecular formula is C17H19N5S. The summed E-state index contributed by atoms with van der Waals surface area (Å²) in [5, 5.41) is 12.7. The SMILES string of the molecule is CSc1ccc(CN(C)Cn2nnc(-c3ccccc3)n2)cc1. The summed E-state index contributed by atoms with van der Waals surface area (Å²) in [4.78, 5) is 5.06. The minimum atomic E-state index is 0.601. The molecule has 0 N–H and O–H groups in total. The lowest BCUT2D eigenvalue weighted by Crippen LogP contribution is -2.23. The van der Waals surface area contributed by atoms with Gasteiger partial charge >= 0.3 is 0 Å². The highest BCUT2D eigenvalue weighted by Crippen LogP contribution is 2.16. The fourth-order valence-electron chi connectivity index (χ4n) is 2.31. The van der Waals surface area contributed by atoms with E-state index in [-0.39, 0.29) is 0 Å². The Labute approximate surface area is 140 Å². The van der Waals surface area contributed by atoms with Gasteiger partial charge in [-0.25, -0.2) is 0 Å². The van der Waals surface area contributed by atoms with Gasteiger partial charge in [-0.2, -0.15) is 0 Å². The Hall–Kier alpha value is -2.18. The van der Waals surface area contributed by atoms with Crippen LogP contribution >= 0.6 is 11.8 Å². The molecule has 0 aliphatic carbocycles. The van der Waals surface area contributed by atoms with Crippen LogP contribution in [-0.2, 0) is 13.2 Å². The summed E-state index contributed by atoms with van der Waals surface area (Å²) in [6.07, 6.45) is 2.09. The van der Waals surface area contributed by atoms with Crippen molar-refractivity contribution in [3.05, 3.63) is 60.2 Å². The number of hydrogen-bond acceptors (Lipinski definition) is 5. The molecule has 23 heavy (non-hydrogen) atoms. The summed E-state index contributed by atoms with van der Waals surface area (Å²) < 4.78 is 0. The summed E-state index contributed by atoms with van der Waals surface area (Å²) in [6.45, 7) is 1.45. The summed E-state index contributed by atoms with van der Waals surface area (Å²) in [5.41, 5.74) is 2.25. The van der Waals surface area contributed by atoms with Crippen LogP contribution in [0, 0.1) is 0 Å². The Morgan fingerprint density at radius 1 is 1.04 bits per heavy atom. The van der Waals surface area contributed by atoms with E-state index in [9.17, 15) is 0 Å². The first kappa shape index (κ1) is 15.7. The van der Waals surface area contributed by atoms with Crippen LogP contribution in [0.5, 0.6) is 0 Å². The number of nitrogens with zero attached hydrogens (tertiary/aromatic N) is 5. The van der Waals surface area contributed by atoms with Crippen LogP contribution < -0.4 is 0 Å². The lowest BCUT2D eigenvalue weighted by molar-refractivity contribution is 0.227. The molecule has 0 fully saturated rings. The molecule has 1 aromatic heterocycles. The van der Waals surface area contributed by atoms with Crippen LogP contribution in [0.25, 0.3) is 11.4 Å². The molecule has 3 rings (SSSR count). The molecule has 0 spiro atoms. The third-order valence-corrected chi connectivity index (χ3v) is 4.21. The second-order valence-electron chi connectivity index (χ2n) is 5.36. The maximum atomic E-state index is 4.44. The molecule has 0 radical (unpaired) electrons. The number of rotatable bonds is 6. The smallest absolute Gasteiger partial charge is 0.204 e. The van der Waals surface area contributed by atoms with E-state index < -0.39 is 0 Å². The Balaban J connectivity index is 1.61. The predicted molar refractivity (Wildman–Crippen MR) is 92.9 cm³/mol. The van der Waals surface area contributed by atoms with Crippen LogP contribution in [0.3, 0.4) is 0 Å². The second kappa shape index (κ2) is 7.39. The Kier molecular flexibility index (Phi) is 5.05. The highest BCUT2D eigenvalue weighted by molar-refractivity contribution is 7.98. The Bertz CT molecular complexity index is 739. The highest BCUT2D eigenvalue weighted by Gasteiger charge is 2.07. The molecule has 5 nitrogen and oxygen atoms in total. The first-order valence-corrected chi connectivity index (χ1v) is 8.62. The van der Waals surface area contributed by atoms with Crippen LogP contribution in [0.15, 0.2) is 59.5 Å². The number of aromatic nitrogens is 4. The van der Waals surface area contributed by atoms with E-state index in [1.165, 1.54) is 10.5 Å². The molecule has 0 aliphatic rings. The van der Waals surface area contributed by atoms with E-state index >= 15 is 0 Å². The van der Waals surface area contributed by atoms with Gasteiger partial charge < -0.3 is 0 Å². The molecule has 0 saturated carbocycles. The molecule has 6 heteroatoms. The fourth-order valence-corrected chi connectivity index (χ4v) is 2.72. The standard InChI is InChI=1S/C17H19N5S/c1-21(12-14-8-10-16(23-2)11-9-14)13-22-19-17(18-20-22)15-6-4-3-5-7-15/h3-11H,12-13H2,1-2H3. The van der Waals surface area contributed by atoms with Gasteiger partial charge in [0.15, 0.2) is 0 Å². The van der Waals surface area contributed by atoms with Crippen molar-refractivity contribution in [3.8, 4) is 11.4 Å². The van der Waals surface area contributed by atoms with Gasteiger partial charge in [0, 0.05) is 17.0 Å². The van der Waals surface area contributed by atoms with Gasteiger partial charge in [-0.3, -0.25) is 4.90 Å². The van der Waals surface area contributed by atoms with Crippen LogP contribution in [0.4, 0.5) is 0 Å². The molecule has 1 heterocycles. The van der Waals surface area contributed by atoms with Gasteiger partial charge in [-0.05, 0) is 36.2 Å². The lowest BCUT2D eigenvalue weighted by atomic mass is 10.2. The summed E-state index contributed by atoms with van der Waals surface area (Å²) in [7, 11) is 2.05. The van der Waals surface area contributed by atoms with Gasteiger partial charge in [0.25, 0.3) is 0 Å². The van der Waals surface area contributed by atoms with Crippen LogP contribution in [0.2, 0.25) is 0 Å². The van der Waals surface area contributed by atoms with Gasteiger partial charge in [0.05, 0.1) is 0 Å². The molecule has 0 aliphatic heterocycles. The molecule has 0 unspecified atom stereocenters. The van der Waals surface area contributed by atoms with E-state index in [0.29, 0.717) is 12.5 Å². The van der Waals surface area contributed by atoms with Gasteiger partial charge in [-0.1, -0.05) is 42.5 Å². The van der Waals surface area contributed by atoms with E-state index in [4.69, 9.17) is 0 Å².